The van der Waals surface area contributed by atoms with Crippen molar-refractivity contribution >= 4 is 23.2 Å². The third-order valence-corrected chi connectivity index (χ3v) is 3.79. The molecule has 0 spiro atoms. The maximum absolute atomic E-state index is 12.0. The van der Waals surface area contributed by atoms with Crippen LogP contribution in [-0.4, -0.2) is 40.2 Å². The first-order valence-electron chi connectivity index (χ1n) is 7.01. The Morgan fingerprint density at radius 1 is 1.43 bits per heavy atom. The highest BCUT2D eigenvalue weighted by atomic mass is 35.5. The average Bonchev–Trinajstić information content (AvgIpc) is 2.52. The zero-order chi connectivity index (χ0) is 15.2. The highest BCUT2D eigenvalue weighted by Crippen LogP contribution is 2.15. The summed E-state index contributed by atoms with van der Waals surface area (Å²) in [6.07, 6.45) is 6.29. The number of piperidine rings is 1. The number of hydrogen-bond donors (Lipinski definition) is 1. The maximum atomic E-state index is 12.0. The topological polar surface area (TPSA) is 67.2 Å². The number of rotatable bonds is 5. The van der Waals surface area contributed by atoms with Gasteiger partial charge in [-0.15, -0.1) is 6.58 Å². The van der Waals surface area contributed by atoms with Crippen LogP contribution in [0, 0.1) is 0 Å². The summed E-state index contributed by atoms with van der Waals surface area (Å²) in [6, 6.07) is 0. The van der Waals surface area contributed by atoms with E-state index in [1.54, 1.807) is 6.08 Å². The Balaban J connectivity index is 1.99. The number of carbonyl (C=O) groups is 1. The van der Waals surface area contributed by atoms with Crippen LogP contribution in [0.25, 0.3) is 0 Å². The van der Waals surface area contributed by atoms with E-state index in [0.717, 1.165) is 25.9 Å². The molecular weight excluding hydrogens is 292 g/mol. The largest absolute Gasteiger partial charge is 0.373 e. The van der Waals surface area contributed by atoms with Crippen molar-refractivity contribution in [2.75, 3.05) is 25.0 Å². The number of likely N-dealkylation sites (tertiary alicyclic amines) is 1. The molecule has 0 aromatic carbocycles. The molecule has 1 N–H and O–H groups in total. The zero-order valence-electron chi connectivity index (χ0n) is 11.8. The molecule has 6 nitrogen and oxygen atoms in total. The van der Waals surface area contributed by atoms with Crippen LogP contribution < -0.4 is 10.9 Å². The molecule has 0 unspecified atom stereocenters. The van der Waals surface area contributed by atoms with Gasteiger partial charge in [-0.3, -0.25) is 9.59 Å². The first kappa shape index (κ1) is 15.6. The average molecular weight is 311 g/mol. The molecule has 0 aliphatic carbocycles. The molecule has 0 bridgehead atoms. The molecule has 1 aromatic rings. The van der Waals surface area contributed by atoms with Crippen molar-refractivity contribution < 1.29 is 4.79 Å². The van der Waals surface area contributed by atoms with Crippen molar-refractivity contribution in [3.8, 4) is 0 Å². The summed E-state index contributed by atoms with van der Waals surface area (Å²) in [6.45, 7) is 5.56. The third kappa shape index (κ3) is 3.85. The van der Waals surface area contributed by atoms with Crippen LogP contribution in [0.2, 0.25) is 5.02 Å². The van der Waals surface area contributed by atoms with Gasteiger partial charge in [0, 0.05) is 13.1 Å². The normalized spacial score (nSPS) is 14.8. The molecule has 1 amide bonds. The van der Waals surface area contributed by atoms with Crippen molar-refractivity contribution in [2.24, 2.45) is 0 Å². The number of amides is 1. The van der Waals surface area contributed by atoms with Gasteiger partial charge in [0.15, 0.2) is 0 Å². The molecule has 1 aliphatic heterocycles. The number of aromatic nitrogens is 2. The molecule has 1 saturated heterocycles. The second kappa shape index (κ2) is 7.26. The number of carbonyl (C=O) groups excluding carboxylic acids is 1. The smallest absolute Gasteiger partial charge is 0.287 e. The van der Waals surface area contributed by atoms with E-state index in [1.807, 2.05) is 4.90 Å². The van der Waals surface area contributed by atoms with Gasteiger partial charge >= 0.3 is 0 Å². The molecule has 2 heterocycles. The van der Waals surface area contributed by atoms with E-state index < -0.39 is 5.56 Å². The number of halogens is 1. The minimum absolute atomic E-state index is 0.0148. The van der Waals surface area contributed by atoms with E-state index >= 15 is 0 Å². The SMILES string of the molecule is C=CCn1ncc(NCC(=O)N2CCCCC2)c(Cl)c1=O. The van der Waals surface area contributed by atoms with Gasteiger partial charge in [-0.25, -0.2) is 4.68 Å². The minimum Gasteiger partial charge on any atom is -0.373 e. The molecule has 0 atom stereocenters. The molecule has 1 fully saturated rings. The van der Waals surface area contributed by atoms with Gasteiger partial charge < -0.3 is 10.2 Å². The highest BCUT2D eigenvalue weighted by molar-refractivity contribution is 6.33. The second-order valence-corrected chi connectivity index (χ2v) is 5.32. The molecular formula is C14H19ClN4O2. The fourth-order valence-electron chi connectivity index (χ4n) is 2.27. The van der Waals surface area contributed by atoms with Crippen LogP contribution in [0.5, 0.6) is 0 Å². The first-order valence-corrected chi connectivity index (χ1v) is 7.39. The van der Waals surface area contributed by atoms with Crippen molar-refractivity contribution in [1.82, 2.24) is 14.7 Å². The lowest BCUT2D eigenvalue weighted by Gasteiger charge is -2.26. The number of nitrogens with one attached hydrogen (secondary N) is 1. The molecule has 21 heavy (non-hydrogen) atoms. The van der Waals surface area contributed by atoms with Crippen LogP contribution in [0.1, 0.15) is 19.3 Å². The highest BCUT2D eigenvalue weighted by Gasteiger charge is 2.17. The van der Waals surface area contributed by atoms with Crippen LogP contribution >= 0.6 is 11.6 Å². The number of allylic oxidation sites excluding steroid dienone is 1. The maximum Gasteiger partial charge on any atom is 0.287 e. The number of anilines is 1. The lowest BCUT2D eigenvalue weighted by atomic mass is 10.1. The molecule has 1 aromatic heterocycles. The van der Waals surface area contributed by atoms with Crippen molar-refractivity contribution in [2.45, 2.75) is 25.8 Å². The molecule has 0 radical (unpaired) electrons. The summed E-state index contributed by atoms with van der Waals surface area (Å²) in [5.41, 5.74) is -0.0145. The number of hydrogen-bond acceptors (Lipinski definition) is 4. The fourth-order valence-corrected chi connectivity index (χ4v) is 2.48. The van der Waals surface area contributed by atoms with Gasteiger partial charge in [0.1, 0.15) is 5.02 Å². The second-order valence-electron chi connectivity index (χ2n) is 4.94. The first-order chi connectivity index (χ1) is 10.1. The van der Waals surface area contributed by atoms with Gasteiger partial charge in [0.25, 0.3) is 5.56 Å². The minimum atomic E-state index is -0.396. The van der Waals surface area contributed by atoms with Crippen molar-refractivity contribution in [3.63, 3.8) is 0 Å². The molecule has 2 rings (SSSR count). The summed E-state index contributed by atoms with van der Waals surface area (Å²) in [5, 5.41) is 6.92. The number of nitrogens with zero attached hydrogens (tertiary/aromatic N) is 3. The summed E-state index contributed by atoms with van der Waals surface area (Å²) in [5.74, 6) is 0.0148. The molecule has 0 saturated carbocycles. The van der Waals surface area contributed by atoms with Crippen LogP contribution in [0.4, 0.5) is 5.69 Å². The predicted octanol–water partition coefficient (Wildman–Crippen LogP) is 1.51. The lowest BCUT2D eigenvalue weighted by molar-refractivity contribution is -0.130. The standard InChI is InChI=1S/C14H19ClN4O2/c1-2-6-19-14(21)13(15)11(9-17-19)16-10-12(20)18-7-4-3-5-8-18/h2,9,16H,1,3-8,10H2. The Labute approximate surface area is 128 Å². The van der Waals surface area contributed by atoms with E-state index in [4.69, 9.17) is 11.6 Å². The van der Waals surface area contributed by atoms with Crippen LogP contribution in [0.3, 0.4) is 0 Å². The molecule has 1 aliphatic rings. The molecule has 114 valence electrons. The van der Waals surface area contributed by atoms with Crippen molar-refractivity contribution in [1.29, 1.82) is 0 Å². The Morgan fingerprint density at radius 3 is 2.81 bits per heavy atom. The van der Waals surface area contributed by atoms with E-state index in [1.165, 1.54) is 17.3 Å². The van der Waals surface area contributed by atoms with Gasteiger partial charge in [-0.05, 0) is 19.3 Å². The van der Waals surface area contributed by atoms with Gasteiger partial charge in [-0.2, -0.15) is 5.10 Å². The third-order valence-electron chi connectivity index (χ3n) is 3.43. The molecule has 7 heteroatoms. The van der Waals surface area contributed by atoms with E-state index in [-0.39, 0.29) is 17.5 Å². The fraction of sp³-hybridized carbons (Fsp3) is 0.500. The Morgan fingerprint density at radius 2 is 2.14 bits per heavy atom. The van der Waals surface area contributed by atoms with Crippen LogP contribution in [-0.2, 0) is 11.3 Å². The van der Waals surface area contributed by atoms with E-state index in [0.29, 0.717) is 12.2 Å². The predicted molar refractivity (Wildman–Crippen MR) is 82.6 cm³/mol. The summed E-state index contributed by atoms with van der Waals surface area (Å²) >= 11 is 6.01. The van der Waals surface area contributed by atoms with E-state index in [9.17, 15) is 9.59 Å². The van der Waals surface area contributed by atoms with Crippen LogP contribution in [0.15, 0.2) is 23.6 Å². The summed E-state index contributed by atoms with van der Waals surface area (Å²) in [4.78, 5) is 25.8. The van der Waals surface area contributed by atoms with Gasteiger partial charge in [-0.1, -0.05) is 17.7 Å². The van der Waals surface area contributed by atoms with Gasteiger partial charge in [0.2, 0.25) is 5.91 Å². The lowest BCUT2D eigenvalue weighted by Crippen LogP contribution is -2.39. The van der Waals surface area contributed by atoms with Crippen molar-refractivity contribution in [3.05, 3.63) is 34.2 Å². The summed E-state index contributed by atoms with van der Waals surface area (Å²) < 4.78 is 1.22. The summed E-state index contributed by atoms with van der Waals surface area (Å²) in [7, 11) is 0. The van der Waals surface area contributed by atoms with E-state index in [2.05, 4.69) is 17.0 Å². The quantitative estimate of drug-likeness (QED) is 0.837. The Bertz CT molecular complexity index is 579. The Hall–Kier alpha value is -1.82. The zero-order valence-corrected chi connectivity index (χ0v) is 12.6. The Kier molecular flexibility index (Phi) is 5.38. The monoisotopic (exact) mass is 310 g/mol. The van der Waals surface area contributed by atoms with Gasteiger partial charge in [0.05, 0.1) is 25.0 Å².